The van der Waals surface area contributed by atoms with Gasteiger partial charge in [-0.1, -0.05) is 26.0 Å². The highest BCUT2D eigenvalue weighted by Gasteiger charge is 2.17. The Kier molecular flexibility index (Phi) is 8.27. The summed E-state index contributed by atoms with van der Waals surface area (Å²) in [5, 5.41) is 6.13. The molecule has 6 nitrogen and oxygen atoms in total. The van der Waals surface area contributed by atoms with Crippen molar-refractivity contribution < 1.29 is 23.4 Å². The van der Waals surface area contributed by atoms with E-state index in [0.717, 1.165) is 11.1 Å². The molecule has 0 aromatic heterocycles. The first kappa shape index (κ1) is 22.5. The molecule has 0 saturated carbocycles. The van der Waals surface area contributed by atoms with Crippen LogP contribution in [-0.2, 0) is 11.3 Å². The summed E-state index contributed by atoms with van der Waals surface area (Å²) in [7, 11) is 4.63. The molecule has 0 spiro atoms. The van der Waals surface area contributed by atoms with Crippen LogP contribution >= 0.6 is 0 Å². The van der Waals surface area contributed by atoms with Gasteiger partial charge in [-0.05, 0) is 41.3 Å². The first-order chi connectivity index (χ1) is 13.9. The van der Waals surface area contributed by atoms with E-state index in [0.29, 0.717) is 23.8 Å². The molecule has 0 saturated heterocycles. The number of ether oxygens (including phenoxy) is 3. The van der Waals surface area contributed by atoms with Gasteiger partial charge in [-0.15, -0.1) is 0 Å². The highest BCUT2D eigenvalue weighted by molar-refractivity contribution is 5.78. The molecule has 2 aromatic rings. The second-order valence-corrected chi connectivity index (χ2v) is 6.96. The molecule has 29 heavy (non-hydrogen) atoms. The summed E-state index contributed by atoms with van der Waals surface area (Å²) in [6, 6.07) is 9.87. The lowest BCUT2D eigenvalue weighted by Crippen LogP contribution is -2.37. The van der Waals surface area contributed by atoms with Crippen molar-refractivity contribution in [2.45, 2.75) is 26.4 Å². The van der Waals surface area contributed by atoms with E-state index in [1.165, 1.54) is 12.1 Å². The summed E-state index contributed by atoms with van der Waals surface area (Å²) in [4.78, 5) is 12.3. The monoisotopic (exact) mass is 404 g/mol. The zero-order valence-corrected chi connectivity index (χ0v) is 17.5. The van der Waals surface area contributed by atoms with Gasteiger partial charge in [0.1, 0.15) is 5.82 Å². The smallest absolute Gasteiger partial charge is 0.234 e. The minimum atomic E-state index is -0.278. The molecular weight excluding hydrogens is 375 g/mol. The van der Waals surface area contributed by atoms with E-state index in [1.807, 2.05) is 0 Å². The molecule has 7 heteroatoms. The topological polar surface area (TPSA) is 68.8 Å². The number of hydrogen-bond donors (Lipinski definition) is 2. The van der Waals surface area contributed by atoms with E-state index in [-0.39, 0.29) is 30.2 Å². The van der Waals surface area contributed by atoms with Gasteiger partial charge in [0.15, 0.2) is 11.5 Å². The highest BCUT2D eigenvalue weighted by Crippen LogP contribution is 2.38. The Balaban J connectivity index is 1.97. The zero-order chi connectivity index (χ0) is 21.4. The summed E-state index contributed by atoms with van der Waals surface area (Å²) < 4.78 is 29.1. The third-order valence-electron chi connectivity index (χ3n) is 4.59. The van der Waals surface area contributed by atoms with Crippen LogP contribution in [0.1, 0.15) is 31.0 Å². The lowest BCUT2D eigenvalue weighted by atomic mass is 9.96. The lowest BCUT2D eigenvalue weighted by Gasteiger charge is -2.23. The Morgan fingerprint density at radius 3 is 2.07 bits per heavy atom. The third-order valence-corrected chi connectivity index (χ3v) is 4.59. The van der Waals surface area contributed by atoms with E-state index >= 15 is 0 Å². The number of methoxy groups -OCH3 is 3. The van der Waals surface area contributed by atoms with E-state index in [2.05, 4.69) is 24.5 Å². The largest absolute Gasteiger partial charge is 0.493 e. The number of nitrogens with one attached hydrogen (secondary N) is 2. The predicted molar refractivity (Wildman–Crippen MR) is 110 cm³/mol. The maximum absolute atomic E-state index is 13.2. The maximum atomic E-state index is 13.2. The van der Waals surface area contributed by atoms with Gasteiger partial charge in [0.2, 0.25) is 11.7 Å². The summed E-state index contributed by atoms with van der Waals surface area (Å²) >= 11 is 0. The fraction of sp³-hybridized carbons (Fsp3) is 0.409. The summed E-state index contributed by atoms with van der Waals surface area (Å²) in [5.41, 5.74) is 1.77. The molecule has 1 unspecified atom stereocenters. The van der Waals surface area contributed by atoms with Gasteiger partial charge in [-0.2, -0.15) is 0 Å². The minimum absolute atomic E-state index is 0.0532. The minimum Gasteiger partial charge on any atom is -0.493 e. The third kappa shape index (κ3) is 6.09. The van der Waals surface area contributed by atoms with Crippen LogP contribution in [0, 0.1) is 11.7 Å². The van der Waals surface area contributed by atoms with Crippen molar-refractivity contribution in [3.05, 3.63) is 53.3 Å². The number of carbonyl (C=O) groups is 1. The molecule has 0 aliphatic carbocycles. The zero-order valence-electron chi connectivity index (χ0n) is 17.5. The van der Waals surface area contributed by atoms with Gasteiger partial charge in [0.25, 0.3) is 0 Å². The fourth-order valence-electron chi connectivity index (χ4n) is 3.11. The summed E-state index contributed by atoms with van der Waals surface area (Å²) in [6.45, 7) is 4.56. The van der Waals surface area contributed by atoms with E-state index in [4.69, 9.17) is 14.2 Å². The molecule has 0 aliphatic heterocycles. The molecular formula is C22H29FN2O4. The molecule has 158 valence electrons. The number of rotatable bonds is 10. The summed E-state index contributed by atoms with van der Waals surface area (Å²) in [6.07, 6.45) is 0. The predicted octanol–water partition coefficient (Wildman–Crippen LogP) is 3.45. The highest BCUT2D eigenvalue weighted by atomic mass is 19.1. The van der Waals surface area contributed by atoms with Crippen molar-refractivity contribution in [2.75, 3.05) is 27.9 Å². The first-order valence-electron chi connectivity index (χ1n) is 9.44. The van der Waals surface area contributed by atoms with Crippen molar-refractivity contribution in [3.8, 4) is 17.2 Å². The molecule has 2 rings (SSSR count). The van der Waals surface area contributed by atoms with Crippen molar-refractivity contribution >= 4 is 5.91 Å². The van der Waals surface area contributed by atoms with Crippen LogP contribution in [0.15, 0.2) is 36.4 Å². The van der Waals surface area contributed by atoms with E-state index in [1.54, 1.807) is 45.6 Å². The SMILES string of the molecule is COc1cc(CNC(=O)CNC(c2ccc(F)cc2)C(C)C)cc(OC)c1OC. The molecule has 0 aliphatic rings. The van der Waals surface area contributed by atoms with Crippen LogP contribution in [0.5, 0.6) is 17.2 Å². The van der Waals surface area contributed by atoms with Crippen LogP contribution in [0.3, 0.4) is 0 Å². The first-order valence-corrected chi connectivity index (χ1v) is 9.44. The summed E-state index contributed by atoms with van der Waals surface area (Å²) in [5.74, 6) is 1.39. The molecule has 0 radical (unpaired) electrons. The fourth-order valence-corrected chi connectivity index (χ4v) is 3.11. The number of amides is 1. The normalized spacial score (nSPS) is 11.8. The van der Waals surface area contributed by atoms with Crippen LogP contribution < -0.4 is 24.8 Å². The molecule has 0 heterocycles. The van der Waals surface area contributed by atoms with Gasteiger partial charge in [-0.25, -0.2) is 4.39 Å². The quantitative estimate of drug-likeness (QED) is 0.635. The number of hydrogen-bond acceptors (Lipinski definition) is 5. The van der Waals surface area contributed by atoms with Crippen LogP contribution in [0.25, 0.3) is 0 Å². The molecule has 2 aromatic carbocycles. The van der Waals surface area contributed by atoms with Gasteiger partial charge in [-0.3, -0.25) is 4.79 Å². The molecule has 1 atom stereocenters. The van der Waals surface area contributed by atoms with Crippen LogP contribution in [0.2, 0.25) is 0 Å². The average molecular weight is 404 g/mol. The Bertz CT molecular complexity index is 784. The van der Waals surface area contributed by atoms with Crippen LogP contribution in [0.4, 0.5) is 4.39 Å². The standard InChI is InChI=1S/C22H29FN2O4/c1-14(2)21(16-6-8-17(23)9-7-16)25-13-20(26)24-12-15-10-18(27-3)22(29-5)19(11-15)28-4/h6-11,14,21,25H,12-13H2,1-5H3,(H,24,26). The Morgan fingerprint density at radius 2 is 1.59 bits per heavy atom. The number of benzene rings is 2. The van der Waals surface area contributed by atoms with Gasteiger partial charge in [0.05, 0.1) is 27.9 Å². The van der Waals surface area contributed by atoms with Crippen molar-refractivity contribution in [2.24, 2.45) is 5.92 Å². The molecule has 2 N–H and O–H groups in total. The van der Waals surface area contributed by atoms with Gasteiger partial charge < -0.3 is 24.8 Å². The lowest BCUT2D eigenvalue weighted by molar-refractivity contribution is -0.120. The van der Waals surface area contributed by atoms with Gasteiger partial charge in [0, 0.05) is 12.6 Å². The Morgan fingerprint density at radius 1 is 1.00 bits per heavy atom. The van der Waals surface area contributed by atoms with Crippen molar-refractivity contribution in [3.63, 3.8) is 0 Å². The second kappa shape index (κ2) is 10.7. The average Bonchev–Trinajstić information content (AvgIpc) is 2.72. The van der Waals surface area contributed by atoms with Crippen molar-refractivity contribution in [1.82, 2.24) is 10.6 Å². The number of carbonyl (C=O) groups excluding carboxylic acids is 1. The maximum Gasteiger partial charge on any atom is 0.234 e. The second-order valence-electron chi connectivity index (χ2n) is 6.96. The Labute approximate surface area is 171 Å². The van der Waals surface area contributed by atoms with Gasteiger partial charge >= 0.3 is 0 Å². The number of halogens is 1. The van der Waals surface area contributed by atoms with E-state index in [9.17, 15) is 9.18 Å². The van der Waals surface area contributed by atoms with Crippen molar-refractivity contribution in [1.29, 1.82) is 0 Å². The van der Waals surface area contributed by atoms with E-state index < -0.39 is 0 Å². The van der Waals surface area contributed by atoms with Crippen LogP contribution in [-0.4, -0.2) is 33.8 Å². The Hall–Kier alpha value is -2.80. The molecule has 0 bridgehead atoms. The molecule has 1 amide bonds. The molecule has 0 fully saturated rings.